The minimum Gasteiger partial charge on any atom is -0.355 e. The summed E-state index contributed by atoms with van der Waals surface area (Å²) in [6, 6.07) is 0. The molecule has 0 bridgehead atoms. The molecule has 0 unspecified atom stereocenters. The molecule has 0 aliphatic carbocycles. The van der Waals surface area contributed by atoms with Crippen LogP contribution in [0.3, 0.4) is 0 Å². The first kappa shape index (κ1) is 10.2. The van der Waals surface area contributed by atoms with Gasteiger partial charge in [0.15, 0.2) is 0 Å². The standard InChI is InChI=1S/C8H11N3O3/c1-3-11-4-5(6(12)9-2)7(13)10-8(11)14/h4H,3H2,1-2H3,(H,9,12)(H,10,13,14). The first-order valence-electron chi connectivity index (χ1n) is 4.16. The molecule has 0 spiro atoms. The summed E-state index contributed by atoms with van der Waals surface area (Å²) in [5.41, 5.74) is -1.24. The molecule has 6 nitrogen and oxygen atoms in total. The highest BCUT2D eigenvalue weighted by molar-refractivity contribution is 5.93. The zero-order valence-electron chi connectivity index (χ0n) is 7.96. The summed E-state index contributed by atoms with van der Waals surface area (Å²) < 4.78 is 1.26. The predicted octanol–water partition coefficient (Wildman–Crippen LogP) is -1.08. The van der Waals surface area contributed by atoms with Crippen LogP contribution >= 0.6 is 0 Å². The molecule has 1 aromatic rings. The zero-order valence-corrected chi connectivity index (χ0v) is 7.96. The van der Waals surface area contributed by atoms with Crippen molar-refractivity contribution in [2.24, 2.45) is 0 Å². The van der Waals surface area contributed by atoms with Crippen molar-refractivity contribution in [1.29, 1.82) is 0 Å². The summed E-state index contributed by atoms with van der Waals surface area (Å²) in [7, 11) is 1.42. The van der Waals surface area contributed by atoms with E-state index in [4.69, 9.17) is 0 Å². The SMILES string of the molecule is CCn1cc(C(=O)NC)c(=O)[nH]c1=O. The molecule has 0 fully saturated rings. The van der Waals surface area contributed by atoms with Crippen LogP contribution in [-0.4, -0.2) is 22.5 Å². The van der Waals surface area contributed by atoms with E-state index in [0.717, 1.165) is 0 Å². The maximum Gasteiger partial charge on any atom is 0.328 e. The van der Waals surface area contributed by atoms with Crippen LogP contribution in [0.2, 0.25) is 0 Å². The lowest BCUT2D eigenvalue weighted by Crippen LogP contribution is -2.35. The van der Waals surface area contributed by atoms with Crippen molar-refractivity contribution in [3.8, 4) is 0 Å². The van der Waals surface area contributed by atoms with E-state index in [1.54, 1.807) is 6.92 Å². The number of aryl methyl sites for hydroxylation is 1. The van der Waals surface area contributed by atoms with Gasteiger partial charge in [0.05, 0.1) is 0 Å². The Bertz CT molecular complexity index is 458. The molecule has 0 aliphatic rings. The number of amides is 1. The lowest BCUT2D eigenvalue weighted by Gasteiger charge is -2.03. The van der Waals surface area contributed by atoms with Crippen LogP contribution in [0.1, 0.15) is 17.3 Å². The predicted molar refractivity (Wildman–Crippen MR) is 50.4 cm³/mol. The van der Waals surface area contributed by atoms with Crippen LogP contribution in [0.25, 0.3) is 0 Å². The van der Waals surface area contributed by atoms with Gasteiger partial charge in [-0.2, -0.15) is 0 Å². The Morgan fingerprint density at radius 2 is 2.21 bits per heavy atom. The first-order chi connectivity index (χ1) is 6.60. The fraction of sp³-hybridized carbons (Fsp3) is 0.375. The number of aromatic nitrogens is 2. The second-order valence-corrected chi connectivity index (χ2v) is 2.67. The molecule has 0 atom stereocenters. The molecule has 1 rings (SSSR count). The third-order valence-corrected chi connectivity index (χ3v) is 1.82. The Morgan fingerprint density at radius 3 is 2.71 bits per heavy atom. The van der Waals surface area contributed by atoms with E-state index in [1.807, 2.05) is 0 Å². The summed E-state index contributed by atoms with van der Waals surface area (Å²) in [6.07, 6.45) is 1.25. The lowest BCUT2D eigenvalue weighted by molar-refractivity contribution is 0.0960. The Balaban J connectivity index is 3.39. The van der Waals surface area contributed by atoms with Gasteiger partial charge >= 0.3 is 5.69 Å². The molecule has 1 amide bonds. The second kappa shape index (κ2) is 3.91. The van der Waals surface area contributed by atoms with Crippen LogP contribution in [0.5, 0.6) is 0 Å². The number of hydrogen-bond acceptors (Lipinski definition) is 3. The van der Waals surface area contributed by atoms with Crippen molar-refractivity contribution in [3.63, 3.8) is 0 Å². The summed E-state index contributed by atoms with van der Waals surface area (Å²) in [6.45, 7) is 2.15. The molecule has 0 aromatic carbocycles. The van der Waals surface area contributed by atoms with Crippen molar-refractivity contribution >= 4 is 5.91 Å². The van der Waals surface area contributed by atoms with Gasteiger partial charge in [-0.15, -0.1) is 0 Å². The summed E-state index contributed by atoms with van der Waals surface area (Å²) in [5, 5.41) is 2.32. The number of H-pyrrole nitrogens is 1. The fourth-order valence-corrected chi connectivity index (χ4v) is 1.04. The van der Waals surface area contributed by atoms with Crippen molar-refractivity contribution in [2.75, 3.05) is 7.05 Å². The molecule has 6 heteroatoms. The molecular formula is C8H11N3O3. The maximum atomic E-state index is 11.2. The second-order valence-electron chi connectivity index (χ2n) is 2.67. The topological polar surface area (TPSA) is 84.0 Å². The Hall–Kier alpha value is -1.85. The summed E-state index contributed by atoms with van der Waals surface area (Å²) >= 11 is 0. The minimum atomic E-state index is -0.668. The quantitative estimate of drug-likeness (QED) is 0.632. The van der Waals surface area contributed by atoms with Crippen LogP contribution in [0.15, 0.2) is 15.8 Å². The van der Waals surface area contributed by atoms with Crippen LogP contribution < -0.4 is 16.6 Å². The first-order valence-corrected chi connectivity index (χ1v) is 4.16. The third kappa shape index (κ3) is 1.73. The molecule has 1 heterocycles. The van der Waals surface area contributed by atoms with Gasteiger partial charge in [0.2, 0.25) is 0 Å². The van der Waals surface area contributed by atoms with Gasteiger partial charge in [0, 0.05) is 19.8 Å². The van der Waals surface area contributed by atoms with Crippen molar-refractivity contribution in [3.05, 3.63) is 32.6 Å². The average molecular weight is 197 g/mol. The number of nitrogens with one attached hydrogen (secondary N) is 2. The monoisotopic (exact) mass is 197 g/mol. The number of hydrogen-bond donors (Lipinski definition) is 2. The molecule has 0 radical (unpaired) electrons. The molecule has 0 aliphatic heterocycles. The maximum absolute atomic E-state index is 11.2. The highest BCUT2D eigenvalue weighted by atomic mass is 16.2. The molecule has 14 heavy (non-hydrogen) atoms. The van der Waals surface area contributed by atoms with Crippen LogP contribution in [-0.2, 0) is 6.54 Å². The Labute approximate surface area is 79.6 Å². The van der Waals surface area contributed by atoms with Crippen molar-refractivity contribution in [2.45, 2.75) is 13.5 Å². The lowest BCUT2D eigenvalue weighted by atomic mass is 10.3. The van der Waals surface area contributed by atoms with Crippen molar-refractivity contribution in [1.82, 2.24) is 14.9 Å². The smallest absolute Gasteiger partial charge is 0.328 e. The van der Waals surface area contributed by atoms with Gasteiger partial charge in [-0.1, -0.05) is 0 Å². The summed E-state index contributed by atoms with van der Waals surface area (Å²) in [4.78, 5) is 35.5. The highest BCUT2D eigenvalue weighted by Gasteiger charge is 2.10. The van der Waals surface area contributed by atoms with E-state index < -0.39 is 17.2 Å². The van der Waals surface area contributed by atoms with E-state index >= 15 is 0 Å². The molecular weight excluding hydrogens is 186 g/mol. The highest BCUT2D eigenvalue weighted by Crippen LogP contribution is 1.87. The zero-order chi connectivity index (χ0) is 10.7. The fourth-order valence-electron chi connectivity index (χ4n) is 1.04. The van der Waals surface area contributed by atoms with Gasteiger partial charge in [-0.3, -0.25) is 14.6 Å². The summed E-state index contributed by atoms with van der Waals surface area (Å²) in [5.74, 6) is -0.506. The van der Waals surface area contributed by atoms with Gasteiger partial charge in [0.25, 0.3) is 11.5 Å². The normalized spacial score (nSPS) is 9.86. The van der Waals surface area contributed by atoms with Gasteiger partial charge < -0.3 is 9.88 Å². The molecule has 0 saturated carbocycles. The average Bonchev–Trinajstić information content (AvgIpc) is 2.17. The number of nitrogens with zero attached hydrogens (tertiary/aromatic N) is 1. The van der Waals surface area contributed by atoms with Crippen molar-refractivity contribution < 1.29 is 4.79 Å². The Kier molecular flexibility index (Phi) is 2.85. The van der Waals surface area contributed by atoms with E-state index in [2.05, 4.69) is 10.3 Å². The van der Waals surface area contributed by atoms with E-state index in [9.17, 15) is 14.4 Å². The molecule has 2 N–H and O–H groups in total. The number of carbonyl (C=O) groups is 1. The minimum absolute atomic E-state index is 0.0612. The third-order valence-electron chi connectivity index (χ3n) is 1.82. The van der Waals surface area contributed by atoms with E-state index in [0.29, 0.717) is 6.54 Å². The van der Waals surface area contributed by atoms with Gasteiger partial charge in [-0.25, -0.2) is 4.79 Å². The van der Waals surface area contributed by atoms with Gasteiger partial charge in [-0.05, 0) is 6.92 Å². The molecule has 1 aromatic heterocycles. The molecule has 76 valence electrons. The number of rotatable bonds is 2. The van der Waals surface area contributed by atoms with Crippen LogP contribution in [0, 0.1) is 0 Å². The van der Waals surface area contributed by atoms with Crippen LogP contribution in [0.4, 0.5) is 0 Å². The van der Waals surface area contributed by atoms with Gasteiger partial charge in [0.1, 0.15) is 5.56 Å². The largest absolute Gasteiger partial charge is 0.355 e. The van der Waals surface area contributed by atoms with E-state index in [1.165, 1.54) is 17.8 Å². The number of aromatic amines is 1. The number of carbonyl (C=O) groups excluding carboxylic acids is 1. The van der Waals surface area contributed by atoms with E-state index in [-0.39, 0.29) is 5.56 Å². The molecule has 0 saturated heterocycles. The Morgan fingerprint density at radius 1 is 1.57 bits per heavy atom.